The summed E-state index contributed by atoms with van der Waals surface area (Å²) in [7, 11) is 0. The molecular weight excluding hydrogens is 210 g/mol. The van der Waals surface area contributed by atoms with Crippen molar-refractivity contribution in [2.75, 3.05) is 5.43 Å². The Balaban J connectivity index is 2.80. The van der Waals surface area contributed by atoms with Gasteiger partial charge >= 0.3 is 5.97 Å². The van der Waals surface area contributed by atoms with Crippen LogP contribution in [0.25, 0.3) is 0 Å². The molecule has 1 aromatic rings. The number of nitrogens with one attached hydrogen (secondary N) is 1. The van der Waals surface area contributed by atoms with E-state index >= 15 is 0 Å². The fourth-order valence-electron chi connectivity index (χ4n) is 1.49. The molecule has 6 heteroatoms. The number of hydrogen-bond donors (Lipinski definition) is 3. The van der Waals surface area contributed by atoms with Gasteiger partial charge in [0.25, 0.3) is 5.56 Å². The fraction of sp³-hybridized carbons (Fsp3) is 0.400. The summed E-state index contributed by atoms with van der Waals surface area (Å²) in [5.74, 6) is 4.35. The first-order chi connectivity index (χ1) is 7.54. The number of pyridine rings is 1. The molecule has 0 aliphatic heterocycles. The Hall–Kier alpha value is -1.82. The Bertz CT molecular complexity index is 439. The van der Waals surface area contributed by atoms with E-state index in [-0.39, 0.29) is 12.0 Å². The molecule has 6 nitrogen and oxygen atoms in total. The minimum absolute atomic E-state index is 0.0583. The third-order valence-electron chi connectivity index (χ3n) is 2.27. The highest BCUT2D eigenvalue weighted by Gasteiger charge is 2.04. The van der Waals surface area contributed by atoms with Crippen LogP contribution in [-0.2, 0) is 11.3 Å². The van der Waals surface area contributed by atoms with Crippen molar-refractivity contribution >= 4 is 11.7 Å². The van der Waals surface area contributed by atoms with E-state index in [1.165, 1.54) is 10.6 Å². The van der Waals surface area contributed by atoms with Crippen LogP contribution in [0.5, 0.6) is 0 Å². The lowest BCUT2D eigenvalue weighted by Crippen LogP contribution is -2.23. The van der Waals surface area contributed by atoms with Gasteiger partial charge in [0.1, 0.15) is 0 Å². The number of anilines is 1. The zero-order valence-corrected chi connectivity index (χ0v) is 9.06. The van der Waals surface area contributed by atoms with Gasteiger partial charge in [-0.3, -0.25) is 15.4 Å². The molecule has 0 unspecified atom stereocenters. The summed E-state index contributed by atoms with van der Waals surface area (Å²) in [5, 5.41) is 8.50. The van der Waals surface area contributed by atoms with E-state index in [2.05, 4.69) is 5.43 Å². The number of nitrogens with zero attached hydrogens (tertiary/aromatic N) is 1. The highest BCUT2D eigenvalue weighted by molar-refractivity contribution is 5.66. The second kappa shape index (κ2) is 5.32. The molecule has 1 rings (SSSR count). The van der Waals surface area contributed by atoms with Crippen LogP contribution >= 0.6 is 0 Å². The molecule has 0 fully saturated rings. The van der Waals surface area contributed by atoms with Gasteiger partial charge in [-0.25, -0.2) is 0 Å². The van der Waals surface area contributed by atoms with Gasteiger partial charge in [-0.1, -0.05) is 0 Å². The van der Waals surface area contributed by atoms with E-state index in [0.29, 0.717) is 18.7 Å². The highest BCUT2D eigenvalue weighted by Crippen LogP contribution is 2.06. The summed E-state index contributed by atoms with van der Waals surface area (Å²) < 4.78 is 1.53. The predicted octanol–water partition coefficient (Wildman–Crippen LogP) is 0.307. The smallest absolute Gasteiger partial charge is 0.303 e. The SMILES string of the molecule is Cc1cc(NN)cc(=O)n1CCCC(=O)O. The molecule has 0 aliphatic rings. The summed E-state index contributed by atoms with van der Waals surface area (Å²) in [6.45, 7) is 2.19. The van der Waals surface area contributed by atoms with Crippen LogP contribution < -0.4 is 16.8 Å². The number of aliphatic carboxylic acids is 1. The van der Waals surface area contributed by atoms with Crippen LogP contribution in [0.15, 0.2) is 16.9 Å². The molecule has 4 N–H and O–H groups in total. The number of nitrogens with two attached hydrogens (primary N) is 1. The monoisotopic (exact) mass is 225 g/mol. The third kappa shape index (κ3) is 3.09. The third-order valence-corrected chi connectivity index (χ3v) is 2.27. The summed E-state index contributed by atoms with van der Waals surface area (Å²) in [6.07, 6.45) is 0.494. The zero-order valence-electron chi connectivity index (χ0n) is 9.06. The number of hydrogen-bond acceptors (Lipinski definition) is 4. The number of carboxylic acids is 1. The standard InChI is InChI=1S/C10H15N3O3/c1-7-5-8(12-11)6-9(14)13(7)4-2-3-10(15)16/h5-6,12H,2-4,11H2,1H3,(H,15,16). The number of nitrogen functional groups attached to an aromatic ring is 1. The summed E-state index contributed by atoms with van der Waals surface area (Å²) >= 11 is 0. The van der Waals surface area contributed by atoms with Gasteiger partial charge in [-0.2, -0.15) is 0 Å². The van der Waals surface area contributed by atoms with Gasteiger partial charge in [-0.05, 0) is 19.4 Å². The zero-order chi connectivity index (χ0) is 12.1. The van der Waals surface area contributed by atoms with E-state index < -0.39 is 5.97 Å². The molecule has 88 valence electrons. The van der Waals surface area contributed by atoms with Crippen molar-refractivity contribution < 1.29 is 9.90 Å². The largest absolute Gasteiger partial charge is 0.481 e. The lowest BCUT2D eigenvalue weighted by molar-refractivity contribution is -0.137. The summed E-state index contributed by atoms with van der Waals surface area (Å²) in [6, 6.07) is 3.12. The number of aryl methyl sites for hydroxylation is 1. The molecule has 0 spiro atoms. The van der Waals surface area contributed by atoms with Crippen molar-refractivity contribution in [1.29, 1.82) is 0 Å². The quantitative estimate of drug-likeness (QED) is 0.495. The lowest BCUT2D eigenvalue weighted by atomic mass is 10.2. The number of aromatic nitrogens is 1. The minimum atomic E-state index is -0.856. The maximum atomic E-state index is 11.6. The van der Waals surface area contributed by atoms with Crippen LogP contribution in [0.4, 0.5) is 5.69 Å². The minimum Gasteiger partial charge on any atom is -0.481 e. The van der Waals surface area contributed by atoms with E-state index in [9.17, 15) is 9.59 Å². The normalized spacial score (nSPS) is 10.1. The Labute approximate surface area is 92.7 Å². The fourth-order valence-corrected chi connectivity index (χ4v) is 1.49. The van der Waals surface area contributed by atoms with Crippen LogP contribution in [0, 0.1) is 6.92 Å². The van der Waals surface area contributed by atoms with Gasteiger partial charge in [0, 0.05) is 24.7 Å². The molecule has 0 aliphatic carbocycles. The summed E-state index contributed by atoms with van der Waals surface area (Å²) in [5.41, 5.74) is 3.53. The van der Waals surface area contributed by atoms with Gasteiger partial charge < -0.3 is 15.1 Å². The summed E-state index contributed by atoms with van der Waals surface area (Å²) in [4.78, 5) is 22.0. The first-order valence-corrected chi connectivity index (χ1v) is 4.94. The van der Waals surface area contributed by atoms with Crippen LogP contribution in [0.3, 0.4) is 0 Å². The first kappa shape index (κ1) is 12.3. The van der Waals surface area contributed by atoms with Crippen molar-refractivity contribution in [3.8, 4) is 0 Å². The van der Waals surface area contributed by atoms with E-state index in [4.69, 9.17) is 10.9 Å². The molecule has 0 atom stereocenters. The number of rotatable bonds is 5. The molecule has 1 heterocycles. The Morgan fingerprint density at radius 3 is 2.75 bits per heavy atom. The molecule has 0 bridgehead atoms. The highest BCUT2D eigenvalue weighted by atomic mass is 16.4. The van der Waals surface area contributed by atoms with Gasteiger partial charge in [0.2, 0.25) is 0 Å². The number of hydrazine groups is 1. The second-order valence-corrected chi connectivity index (χ2v) is 3.52. The van der Waals surface area contributed by atoms with Crippen molar-refractivity contribution in [1.82, 2.24) is 4.57 Å². The Kier molecular flexibility index (Phi) is 4.07. The average molecular weight is 225 g/mol. The molecule has 0 saturated carbocycles. The Morgan fingerprint density at radius 1 is 1.56 bits per heavy atom. The molecule has 1 aromatic heterocycles. The average Bonchev–Trinajstić information content (AvgIpc) is 2.21. The number of carbonyl (C=O) groups is 1. The van der Waals surface area contributed by atoms with Crippen LogP contribution in [-0.4, -0.2) is 15.6 Å². The van der Waals surface area contributed by atoms with Crippen LogP contribution in [0.1, 0.15) is 18.5 Å². The molecule has 0 radical (unpaired) electrons. The van der Waals surface area contributed by atoms with Crippen molar-refractivity contribution in [2.24, 2.45) is 5.84 Å². The maximum absolute atomic E-state index is 11.6. The van der Waals surface area contributed by atoms with Crippen LogP contribution in [0.2, 0.25) is 0 Å². The predicted molar refractivity (Wildman–Crippen MR) is 60.1 cm³/mol. The topological polar surface area (TPSA) is 97.4 Å². The van der Waals surface area contributed by atoms with Crippen molar-refractivity contribution in [3.05, 3.63) is 28.2 Å². The molecule has 16 heavy (non-hydrogen) atoms. The Morgan fingerprint density at radius 2 is 2.25 bits per heavy atom. The van der Waals surface area contributed by atoms with Gasteiger partial charge in [-0.15, -0.1) is 0 Å². The maximum Gasteiger partial charge on any atom is 0.303 e. The van der Waals surface area contributed by atoms with E-state index in [1.54, 1.807) is 13.0 Å². The van der Waals surface area contributed by atoms with Crippen molar-refractivity contribution in [3.63, 3.8) is 0 Å². The van der Waals surface area contributed by atoms with Gasteiger partial charge in [0.15, 0.2) is 0 Å². The molecular formula is C10H15N3O3. The second-order valence-electron chi connectivity index (χ2n) is 3.52. The first-order valence-electron chi connectivity index (χ1n) is 4.94. The van der Waals surface area contributed by atoms with Gasteiger partial charge in [0.05, 0.1) is 5.69 Å². The van der Waals surface area contributed by atoms with E-state index in [0.717, 1.165) is 5.69 Å². The lowest BCUT2D eigenvalue weighted by Gasteiger charge is -2.10. The van der Waals surface area contributed by atoms with Crippen molar-refractivity contribution in [2.45, 2.75) is 26.3 Å². The molecule has 0 amide bonds. The molecule has 0 aromatic carbocycles. The van der Waals surface area contributed by atoms with E-state index in [1.807, 2.05) is 0 Å². The number of carboxylic acid groups (broad SMARTS) is 1. The molecule has 0 saturated heterocycles.